The Labute approximate surface area is 199 Å². The van der Waals surface area contributed by atoms with E-state index in [1.165, 1.54) is 14.0 Å². The number of hydrogen-bond donors (Lipinski definition) is 2. The van der Waals surface area contributed by atoms with E-state index in [-0.39, 0.29) is 40.7 Å². The minimum atomic E-state index is -0.935. The van der Waals surface area contributed by atoms with E-state index in [1.54, 1.807) is 0 Å². The maximum Gasteiger partial charge on any atom is 0.328 e. The van der Waals surface area contributed by atoms with Crippen LogP contribution in [-0.4, -0.2) is 54.9 Å². The number of amides is 1. The normalized spacial score (nSPS) is 36.2. The Balaban J connectivity index is 1.65. The number of methoxy groups -OCH3 is 1. The third kappa shape index (κ3) is 3.27. The minimum Gasteiger partial charge on any atom is -0.507 e. The number of esters is 1. The zero-order valence-electron chi connectivity index (χ0n) is 20.5. The summed E-state index contributed by atoms with van der Waals surface area (Å²) >= 11 is 0. The molecular formula is C25H33NO8. The number of nitrogens with one attached hydrogen (secondary N) is 1. The fourth-order valence-electron chi connectivity index (χ4n) is 6.03. The van der Waals surface area contributed by atoms with Crippen molar-refractivity contribution < 1.29 is 38.4 Å². The van der Waals surface area contributed by atoms with Gasteiger partial charge in [-0.25, -0.2) is 4.79 Å². The van der Waals surface area contributed by atoms with Crippen LogP contribution in [0.15, 0.2) is 0 Å². The molecule has 0 aromatic heterocycles. The first-order chi connectivity index (χ1) is 16.0. The van der Waals surface area contributed by atoms with E-state index < -0.39 is 29.5 Å². The van der Waals surface area contributed by atoms with Crippen molar-refractivity contribution in [3.05, 3.63) is 16.7 Å². The molecule has 2 N–H and O–H groups in total. The largest absolute Gasteiger partial charge is 0.507 e. The third-order valence-electron chi connectivity index (χ3n) is 8.15. The number of carbonyl (C=O) groups is 2. The fourth-order valence-corrected chi connectivity index (χ4v) is 6.03. The molecule has 7 atom stereocenters. The molecule has 2 fully saturated rings. The van der Waals surface area contributed by atoms with Crippen molar-refractivity contribution in [2.75, 3.05) is 20.3 Å². The Morgan fingerprint density at radius 3 is 2.09 bits per heavy atom. The van der Waals surface area contributed by atoms with E-state index in [4.69, 9.17) is 23.7 Å². The monoisotopic (exact) mass is 475 g/mol. The van der Waals surface area contributed by atoms with E-state index in [1.807, 2.05) is 13.8 Å². The standard InChI is InChI=1S/C25H33NO8/c1-11-9-31-24(4)16(11)7-14-19(27)18(22(28)26-13(3)23(29)30-6)21-15(20(14)33-24)8-17-12(2)10-32-25(17,5)34-21/h11-13,16-17,27H,7-10H2,1-6H3,(H,26,28)/t11-,12-,13?,16+,17+,24+,25+/m0/s1. The second-order valence-corrected chi connectivity index (χ2v) is 10.5. The van der Waals surface area contributed by atoms with Crippen LogP contribution in [0.25, 0.3) is 0 Å². The number of benzene rings is 1. The molecule has 0 saturated carbocycles. The SMILES string of the molecule is COC(=O)C(C)NC(=O)c1c(O)c2c(c3c1O[C@@]1(C)OC[C@H](C)[C@H]1C3)O[C@@]1(C)OC[C@H](C)[C@H]1C2. The van der Waals surface area contributed by atoms with Crippen molar-refractivity contribution in [2.45, 2.75) is 65.1 Å². The smallest absolute Gasteiger partial charge is 0.328 e. The summed E-state index contributed by atoms with van der Waals surface area (Å²) < 4.78 is 29.6. The van der Waals surface area contributed by atoms with Crippen LogP contribution in [0.5, 0.6) is 17.2 Å². The molecule has 9 nitrogen and oxygen atoms in total. The highest BCUT2D eigenvalue weighted by atomic mass is 16.7. The molecule has 186 valence electrons. The van der Waals surface area contributed by atoms with Crippen molar-refractivity contribution in [1.29, 1.82) is 0 Å². The van der Waals surface area contributed by atoms with Gasteiger partial charge in [-0.3, -0.25) is 4.79 Å². The quantitative estimate of drug-likeness (QED) is 0.642. The fraction of sp³-hybridized carbons (Fsp3) is 0.680. The van der Waals surface area contributed by atoms with Crippen LogP contribution in [0.2, 0.25) is 0 Å². The van der Waals surface area contributed by atoms with Crippen molar-refractivity contribution in [3.8, 4) is 17.2 Å². The van der Waals surface area contributed by atoms with Crippen LogP contribution >= 0.6 is 0 Å². The van der Waals surface area contributed by atoms with Crippen LogP contribution in [0.3, 0.4) is 0 Å². The number of phenolic OH excluding ortho intramolecular Hbond substituents is 1. The molecule has 0 radical (unpaired) electrons. The lowest BCUT2D eigenvalue weighted by Gasteiger charge is -2.43. The average molecular weight is 476 g/mol. The van der Waals surface area contributed by atoms with Crippen LogP contribution < -0.4 is 14.8 Å². The van der Waals surface area contributed by atoms with Gasteiger partial charge in [0.25, 0.3) is 5.91 Å². The van der Waals surface area contributed by atoms with Crippen LogP contribution in [-0.2, 0) is 31.8 Å². The highest BCUT2D eigenvalue weighted by Gasteiger charge is 2.55. The Bertz CT molecular complexity index is 1060. The predicted molar refractivity (Wildman–Crippen MR) is 120 cm³/mol. The molecule has 5 rings (SSSR count). The van der Waals surface area contributed by atoms with Crippen molar-refractivity contribution >= 4 is 11.9 Å². The summed E-state index contributed by atoms with van der Waals surface area (Å²) in [7, 11) is 1.26. The Hall–Kier alpha value is -2.52. The topological polar surface area (TPSA) is 113 Å². The Kier molecular flexibility index (Phi) is 5.29. The van der Waals surface area contributed by atoms with E-state index in [2.05, 4.69) is 19.2 Å². The number of phenols is 1. The highest BCUT2D eigenvalue weighted by molar-refractivity contribution is 6.03. The summed E-state index contributed by atoms with van der Waals surface area (Å²) in [6.45, 7) is 10.6. The van der Waals surface area contributed by atoms with Crippen LogP contribution in [0.1, 0.15) is 56.1 Å². The minimum absolute atomic E-state index is 0.00824. The molecular weight excluding hydrogens is 442 g/mol. The van der Waals surface area contributed by atoms with E-state index in [0.29, 0.717) is 37.4 Å². The maximum atomic E-state index is 13.4. The number of rotatable bonds is 3. The van der Waals surface area contributed by atoms with Gasteiger partial charge < -0.3 is 34.1 Å². The Morgan fingerprint density at radius 2 is 1.53 bits per heavy atom. The van der Waals surface area contributed by atoms with Crippen molar-refractivity contribution in [3.63, 3.8) is 0 Å². The van der Waals surface area contributed by atoms with Crippen molar-refractivity contribution in [2.24, 2.45) is 23.7 Å². The number of ether oxygens (including phenoxy) is 5. The first-order valence-corrected chi connectivity index (χ1v) is 11.9. The third-order valence-corrected chi connectivity index (χ3v) is 8.15. The van der Waals surface area contributed by atoms with Gasteiger partial charge in [0, 0.05) is 36.8 Å². The molecule has 1 unspecified atom stereocenters. The zero-order chi connectivity index (χ0) is 24.6. The highest BCUT2D eigenvalue weighted by Crippen LogP contribution is 2.57. The van der Waals surface area contributed by atoms with E-state index in [9.17, 15) is 14.7 Å². The van der Waals surface area contributed by atoms with E-state index in [0.717, 1.165) is 5.56 Å². The molecule has 4 aliphatic heterocycles. The number of hydrogen-bond acceptors (Lipinski definition) is 8. The summed E-state index contributed by atoms with van der Waals surface area (Å²) in [6.07, 6.45) is 1.08. The zero-order valence-corrected chi connectivity index (χ0v) is 20.5. The predicted octanol–water partition coefficient (Wildman–Crippen LogP) is 2.55. The second kappa shape index (κ2) is 7.75. The number of fused-ring (bicyclic) bond motifs is 5. The molecule has 1 amide bonds. The van der Waals surface area contributed by atoms with Gasteiger partial charge in [0.05, 0.1) is 20.3 Å². The first-order valence-electron chi connectivity index (χ1n) is 11.9. The molecule has 34 heavy (non-hydrogen) atoms. The summed E-state index contributed by atoms with van der Waals surface area (Å²) in [5, 5.41) is 14.0. The summed E-state index contributed by atoms with van der Waals surface area (Å²) in [6, 6.07) is -0.902. The molecule has 0 spiro atoms. The lowest BCUT2D eigenvalue weighted by molar-refractivity contribution is -0.174. The molecule has 0 bridgehead atoms. The molecule has 2 saturated heterocycles. The first kappa shape index (κ1) is 23.2. The lowest BCUT2D eigenvalue weighted by Crippen LogP contribution is -2.47. The van der Waals surface area contributed by atoms with Crippen LogP contribution in [0, 0.1) is 23.7 Å². The van der Waals surface area contributed by atoms with Gasteiger partial charge in [0.15, 0.2) is 0 Å². The van der Waals surface area contributed by atoms with Gasteiger partial charge in [0.1, 0.15) is 28.9 Å². The summed E-state index contributed by atoms with van der Waals surface area (Å²) in [5.74, 6) is -1.84. The van der Waals surface area contributed by atoms with Gasteiger partial charge in [-0.2, -0.15) is 0 Å². The summed E-state index contributed by atoms with van der Waals surface area (Å²) in [5.41, 5.74) is 1.30. The van der Waals surface area contributed by atoms with Gasteiger partial charge in [-0.1, -0.05) is 13.8 Å². The molecule has 9 heteroatoms. The van der Waals surface area contributed by atoms with Gasteiger partial charge in [-0.05, 0) is 31.6 Å². The molecule has 1 aromatic carbocycles. The van der Waals surface area contributed by atoms with Gasteiger partial charge >= 0.3 is 5.97 Å². The van der Waals surface area contributed by atoms with E-state index >= 15 is 0 Å². The van der Waals surface area contributed by atoms with Gasteiger partial charge in [0.2, 0.25) is 11.6 Å². The summed E-state index contributed by atoms with van der Waals surface area (Å²) in [4.78, 5) is 25.3. The molecule has 0 aliphatic carbocycles. The molecule has 1 aromatic rings. The Morgan fingerprint density at radius 1 is 1.00 bits per heavy atom. The number of carbonyl (C=O) groups excluding carboxylic acids is 2. The number of aromatic hydroxyl groups is 1. The van der Waals surface area contributed by atoms with Crippen LogP contribution in [0.4, 0.5) is 0 Å². The molecule has 4 aliphatic rings. The molecule has 4 heterocycles. The average Bonchev–Trinajstić information content (AvgIpc) is 3.25. The lowest BCUT2D eigenvalue weighted by atomic mass is 9.77. The van der Waals surface area contributed by atoms with Gasteiger partial charge in [-0.15, -0.1) is 0 Å². The van der Waals surface area contributed by atoms with Crippen molar-refractivity contribution in [1.82, 2.24) is 5.32 Å². The maximum absolute atomic E-state index is 13.4. The second-order valence-electron chi connectivity index (χ2n) is 10.5.